The molecule has 9 heteroatoms. The molecule has 4 rings (SSSR count). The summed E-state index contributed by atoms with van der Waals surface area (Å²) in [4.78, 5) is 4.26. The number of benzene rings is 2. The molecule has 0 bridgehead atoms. The van der Waals surface area contributed by atoms with Crippen molar-refractivity contribution in [3.8, 4) is 16.9 Å². The molecule has 0 saturated carbocycles. The summed E-state index contributed by atoms with van der Waals surface area (Å²) in [5.74, 6) is 0.332. The van der Waals surface area contributed by atoms with Gasteiger partial charge in [0.15, 0.2) is 5.89 Å². The first-order valence-electron chi connectivity index (χ1n) is 8.35. The third-order valence-electron chi connectivity index (χ3n) is 4.04. The molecular formula is C19H15F3N4O2. The molecule has 0 aliphatic carbocycles. The fourth-order valence-electron chi connectivity index (χ4n) is 2.84. The summed E-state index contributed by atoms with van der Waals surface area (Å²) in [6.45, 7) is 2.24. The number of hydrazine groups is 1. The predicted octanol–water partition coefficient (Wildman–Crippen LogP) is 2.84. The van der Waals surface area contributed by atoms with Crippen LogP contribution in [0.25, 0.3) is 17.3 Å². The molecule has 144 valence electrons. The van der Waals surface area contributed by atoms with Crippen molar-refractivity contribution in [3.63, 3.8) is 0 Å². The van der Waals surface area contributed by atoms with E-state index in [1.165, 1.54) is 12.1 Å². The van der Waals surface area contributed by atoms with E-state index in [1.54, 1.807) is 30.3 Å². The molecule has 0 atom stereocenters. The second-order valence-corrected chi connectivity index (χ2v) is 6.17. The third-order valence-corrected chi connectivity index (χ3v) is 4.04. The minimum atomic E-state index is -4.71. The number of nitrogens with zero attached hydrogens (tertiary/aromatic N) is 3. The van der Waals surface area contributed by atoms with Crippen molar-refractivity contribution in [1.82, 2.24) is 15.5 Å². The standard InChI is InChI=1S/C19H15F3N4O2/c1-12-23-16(11-27-12)10-26-9-15-8-14(4-7-18(15)24-25-26)13-2-5-17(6-3-13)28-19(20,21)22/h2-9,11,25H,10H2,1H3. The van der Waals surface area contributed by atoms with Gasteiger partial charge in [-0.2, -0.15) is 5.10 Å². The third kappa shape index (κ3) is 4.08. The normalized spacial score (nSPS) is 13.2. The Balaban J connectivity index is 1.58. The van der Waals surface area contributed by atoms with Gasteiger partial charge in [0, 0.05) is 18.3 Å². The number of halogens is 3. The lowest BCUT2D eigenvalue weighted by Crippen LogP contribution is -2.42. The van der Waals surface area contributed by atoms with Crippen LogP contribution in [0.4, 0.5) is 13.2 Å². The molecule has 28 heavy (non-hydrogen) atoms. The maximum atomic E-state index is 12.3. The number of rotatable bonds is 4. The highest BCUT2D eigenvalue weighted by Gasteiger charge is 2.30. The molecule has 1 aliphatic rings. The molecule has 1 aliphatic heterocycles. The summed E-state index contributed by atoms with van der Waals surface area (Å²) >= 11 is 0. The van der Waals surface area contributed by atoms with Crippen LogP contribution in [0.15, 0.2) is 58.2 Å². The second kappa shape index (κ2) is 6.91. The van der Waals surface area contributed by atoms with Crippen LogP contribution in [0.3, 0.4) is 0 Å². The van der Waals surface area contributed by atoms with Gasteiger partial charge in [-0.1, -0.05) is 18.2 Å². The molecule has 2 aromatic carbocycles. The molecule has 0 saturated heterocycles. The average Bonchev–Trinajstić information content (AvgIpc) is 3.05. The molecule has 0 amide bonds. The number of aryl methyl sites for hydroxylation is 1. The number of ether oxygens (including phenoxy) is 1. The Morgan fingerprint density at radius 3 is 2.54 bits per heavy atom. The maximum absolute atomic E-state index is 12.3. The second-order valence-electron chi connectivity index (χ2n) is 6.17. The van der Waals surface area contributed by atoms with Crippen LogP contribution in [-0.2, 0) is 6.54 Å². The highest BCUT2D eigenvalue weighted by atomic mass is 19.4. The van der Waals surface area contributed by atoms with E-state index in [2.05, 4.69) is 20.4 Å². The lowest BCUT2D eigenvalue weighted by molar-refractivity contribution is -0.274. The van der Waals surface area contributed by atoms with Crippen molar-refractivity contribution in [1.29, 1.82) is 0 Å². The van der Waals surface area contributed by atoms with E-state index < -0.39 is 6.36 Å². The van der Waals surface area contributed by atoms with Crippen LogP contribution in [0, 0.1) is 6.92 Å². The summed E-state index contributed by atoms with van der Waals surface area (Å²) < 4.78 is 46.0. The number of fused-ring (bicyclic) bond motifs is 1. The van der Waals surface area contributed by atoms with Crippen LogP contribution in [0.1, 0.15) is 11.6 Å². The predicted molar refractivity (Wildman–Crippen MR) is 93.7 cm³/mol. The zero-order valence-electron chi connectivity index (χ0n) is 14.7. The molecule has 1 N–H and O–H groups in total. The summed E-state index contributed by atoms with van der Waals surface area (Å²) in [7, 11) is 0. The Kier molecular flexibility index (Phi) is 4.42. The molecular weight excluding hydrogens is 373 g/mol. The van der Waals surface area contributed by atoms with Crippen LogP contribution < -0.4 is 20.8 Å². The largest absolute Gasteiger partial charge is 0.573 e. The van der Waals surface area contributed by atoms with Crippen LogP contribution >= 0.6 is 0 Å². The average molecular weight is 388 g/mol. The Hall–Kier alpha value is -3.49. The summed E-state index contributed by atoms with van der Waals surface area (Å²) in [6, 6.07) is 11.3. The van der Waals surface area contributed by atoms with Crippen molar-refractivity contribution in [3.05, 3.63) is 70.9 Å². The van der Waals surface area contributed by atoms with Crippen molar-refractivity contribution in [2.75, 3.05) is 0 Å². The van der Waals surface area contributed by atoms with Gasteiger partial charge in [-0.25, -0.2) is 10.5 Å². The topological polar surface area (TPSA) is 62.9 Å². The van der Waals surface area contributed by atoms with E-state index in [0.717, 1.165) is 27.4 Å². The molecule has 0 radical (unpaired) electrons. The van der Waals surface area contributed by atoms with E-state index in [-0.39, 0.29) is 5.75 Å². The van der Waals surface area contributed by atoms with E-state index in [4.69, 9.17) is 4.42 Å². The van der Waals surface area contributed by atoms with Gasteiger partial charge in [0.05, 0.1) is 11.9 Å². The van der Waals surface area contributed by atoms with Gasteiger partial charge in [-0.05, 0) is 35.4 Å². The van der Waals surface area contributed by atoms with Crippen LogP contribution in [0.5, 0.6) is 5.75 Å². The van der Waals surface area contributed by atoms with Gasteiger partial charge in [-0.3, -0.25) is 5.01 Å². The first-order valence-corrected chi connectivity index (χ1v) is 8.35. The fourth-order valence-corrected chi connectivity index (χ4v) is 2.84. The Labute approximate surface area is 157 Å². The molecule has 0 spiro atoms. The molecule has 3 aromatic rings. The minimum Gasteiger partial charge on any atom is -0.449 e. The number of nitrogens with one attached hydrogen (secondary N) is 1. The number of oxazole rings is 1. The fraction of sp³-hybridized carbons (Fsp3) is 0.158. The number of alkyl halides is 3. The van der Waals surface area contributed by atoms with Crippen molar-refractivity contribution in [2.45, 2.75) is 19.8 Å². The highest BCUT2D eigenvalue weighted by Crippen LogP contribution is 2.25. The molecule has 0 unspecified atom stereocenters. The molecule has 1 aromatic heterocycles. The zero-order valence-corrected chi connectivity index (χ0v) is 14.7. The Morgan fingerprint density at radius 1 is 1.11 bits per heavy atom. The number of hydrogen-bond acceptors (Lipinski definition) is 6. The number of hydrogen-bond donors (Lipinski definition) is 1. The molecule has 6 nitrogen and oxygen atoms in total. The summed E-state index contributed by atoms with van der Waals surface area (Å²) in [5.41, 5.74) is 5.30. The summed E-state index contributed by atoms with van der Waals surface area (Å²) in [5, 5.41) is 7.70. The van der Waals surface area contributed by atoms with Crippen molar-refractivity contribution >= 4 is 6.20 Å². The van der Waals surface area contributed by atoms with Gasteiger partial charge in [0.25, 0.3) is 0 Å². The van der Waals surface area contributed by atoms with Gasteiger partial charge < -0.3 is 9.15 Å². The zero-order chi connectivity index (χ0) is 19.7. The van der Waals surface area contributed by atoms with Crippen LogP contribution in [0.2, 0.25) is 0 Å². The van der Waals surface area contributed by atoms with Gasteiger partial charge in [-0.15, -0.1) is 13.2 Å². The Morgan fingerprint density at radius 2 is 1.86 bits per heavy atom. The smallest absolute Gasteiger partial charge is 0.449 e. The Bertz CT molecular complexity index is 1110. The van der Waals surface area contributed by atoms with Gasteiger partial charge in [0.2, 0.25) is 0 Å². The van der Waals surface area contributed by atoms with Gasteiger partial charge >= 0.3 is 6.36 Å². The first kappa shape index (κ1) is 17.9. The van der Waals surface area contributed by atoms with E-state index >= 15 is 0 Å². The maximum Gasteiger partial charge on any atom is 0.573 e. The van der Waals surface area contributed by atoms with E-state index in [0.29, 0.717) is 12.4 Å². The van der Waals surface area contributed by atoms with Crippen molar-refractivity contribution < 1.29 is 22.3 Å². The number of aromatic nitrogens is 1. The van der Waals surface area contributed by atoms with E-state index in [9.17, 15) is 13.2 Å². The highest BCUT2D eigenvalue weighted by molar-refractivity contribution is 5.64. The SMILES string of the molecule is Cc1nc(CN2C=c3cc(-c4ccc(OC(F)(F)F)cc4)ccc3=NN2)co1. The lowest BCUT2D eigenvalue weighted by atomic mass is 10.0. The van der Waals surface area contributed by atoms with Crippen molar-refractivity contribution in [2.24, 2.45) is 5.10 Å². The molecule has 2 heterocycles. The quantitative estimate of drug-likeness (QED) is 0.745. The first-order chi connectivity index (χ1) is 13.4. The van der Waals surface area contributed by atoms with E-state index in [1.807, 2.05) is 24.4 Å². The van der Waals surface area contributed by atoms with Gasteiger partial charge in [0.1, 0.15) is 17.7 Å². The monoisotopic (exact) mass is 388 g/mol. The summed E-state index contributed by atoms with van der Waals surface area (Å²) in [6.07, 6.45) is -1.24. The lowest BCUT2D eigenvalue weighted by Gasteiger charge is -2.20. The van der Waals surface area contributed by atoms with Crippen LogP contribution in [-0.4, -0.2) is 16.4 Å². The minimum absolute atomic E-state index is 0.256. The molecule has 0 fully saturated rings.